The average molecular weight is 559 g/mol. The van der Waals surface area contributed by atoms with Gasteiger partial charge in [0.05, 0.1) is 38.9 Å². The van der Waals surface area contributed by atoms with Crippen LogP contribution >= 0.6 is 34.5 Å². The van der Waals surface area contributed by atoms with E-state index in [0.29, 0.717) is 28.0 Å². The van der Waals surface area contributed by atoms with Gasteiger partial charge in [-0.2, -0.15) is 9.30 Å². The minimum Gasteiger partial charge on any atom is -0.383 e. The molecule has 0 spiro atoms. The Kier molecular flexibility index (Phi) is 8.02. The highest BCUT2D eigenvalue weighted by Crippen LogP contribution is 2.30. The molecule has 35 heavy (non-hydrogen) atoms. The summed E-state index contributed by atoms with van der Waals surface area (Å²) < 4.78 is 41.0. The highest BCUT2D eigenvalue weighted by Gasteiger charge is 2.32. The molecule has 2 atom stereocenters. The van der Waals surface area contributed by atoms with Gasteiger partial charge in [-0.25, -0.2) is 8.42 Å². The highest BCUT2D eigenvalue weighted by molar-refractivity contribution is 7.89. The Morgan fingerprint density at radius 1 is 1.17 bits per heavy atom. The molecule has 8 nitrogen and oxygen atoms in total. The van der Waals surface area contributed by atoms with E-state index in [9.17, 15) is 13.2 Å². The van der Waals surface area contributed by atoms with E-state index in [1.165, 1.54) is 39.9 Å². The van der Waals surface area contributed by atoms with Crippen molar-refractivity contribution in [1.29, 1.82) is 0 Å². The summed E-state index contributed by atoms with van der Waals surface area (Å²) in [5.41, 5.74) is 0.993. The quantitative estimate of drug-likeness (QED) is 0.453. The van der Waals surface area contributed by atoms with Crippen LogP contribution in [0.1, 0.15) is 24.2 Å². The van der Waals surface area contributed by atoms with E-state index < -0.39 is 15.9 Å². The van der Waals surface area contributed by atoms with Crippen molar-refractivity contribution in [2.24, 2.45) is 4.99 Å². The van der Waals surface area contributed by atoms with Crippen LogP contribution in [0, 0.1) is 0 Å². The summed E-state index contributed by atoms with van der Waals surface area (Å²) in [5.74, 6) is -0.498. The number of sulfonamides is 1. The first-order chi connectivity index (χ1) is 16.6. The molecule has 1 aromatic heterocycles. The maximum absolute atomic E-state index is 13.1. The van der Waals surface area contributed by atoms with Crippen molar-refractivity contribution >= 4 is 60.7 Å². The Morgan fingerprint density at radius 2 is 1.83 bits per heavy atom. The SMILES string of the molecule is COCCn1c(=NC(=O)c2ccc(S(=O)(=O)N3CC(C)OC(C)C3)cc2)sc2cc(Cl)cc(Cl)c21. The van der Waals surface area contributed by atoms with Crippen LogP contribution in [0.5, 0.6) is 0 Å². The van der Waals surface area contributed by atoms with Crippen molar-refractivity contribution in [3.05, 3.63) is 56.8 Å². The van der Waals surface area contributed by atoms with Gasteiger partial charge in [0.25, 0.3) is 5.91 Å². The van der Waals surface area contributed by atoms with Crippen molar-refractivity contribution in [2.75, 3.05) is 26.8 Å². The Balaban J connectivity index is 1.65. The second kappa shape index (κ2) is 10.7. The zero-order valence-corrected chi connectivity index (χ0v) is 22.5. The predicted molar refractivity (Wildman–Crippen MR) is 137 cm³/mol. The van der Waals surface area contributed by atoms with Gasteiger partial charge < -0.3 is 14.0 Å². The second-order valence-corrected chi connectivity index (χ2v) is 12.1. The molecular formula is C23H25Cl2N3O5S2. The van der Waals surface area contributed by atoms with E-state index in [0.717, 1.165) is 10.2 Å². The monoisotopic (exact) mass is 557 g/mol. The number of ether oxygens (including phenoxy) is 2. The Hall–Kier alpha value is -1.79. The van der Waals surface area contributed by atoms with Crippen LogP contribution in [0.25, 0.3) is 10.2 Å². The minimum absolute atomic E-state index is 0.119. The normalized spacial score (nSPS) is 20.0. The Morgan fingerprint density at radius 3 is 2.46 bits per heavy atom. The lowest BCUT2D eigenvalue weighted by Crippen LogP contribution is -2.48. The first-order valence-corrected chi connectivity index (χ1v) is 13.9. The third-order valence-electron chi connectivity index (χ3n) is 5.54. The van der Waals surface area contributed by atoms with E-state index >= 15 is 0 Å². The molecule has 0 N–H and O–H groups in total. The number of amides is 1. The number of hydrogen-bond acceptors (Lipinski definition) is 6. The Bertz CT molecular complexity index is 1410. The van der Waals surface area contributed by atoms with Gasteiger partial charge in [-0.3, -0.25) is 4.79 Å². The molecule has 2 aromatic carbocycles. The van der Waals surface area contributed by atoms with Crippen LogP contribution in [0.4, 0.5) is 0 Å². The molecule has 0 bridgehead atoms. The molecule has 1 amide bonds. The van der Waals surface area contributed by atoms with Crippen LogP contribution in [0.3, 0.4) is 0 Å². The van der Waals surface area contributed by atoms with Crippen LogP contribution in [0.15, 0.2) is 46.3 Å². The molecule has 0 aliphatic carbocycles. The number of hydrogen-bond donors (Lipinski definition) is 0. The largest absolute Gasteiger partial charge is 0.383 e. The topological polar surface area (TPSA) is 90.2 Å². The lowest BCUT2D eigenvalue weighted by molar-refractivity contribution is -0.0440. The summed E-state index contributed by atoms with van der Waals surface area (Å²) in [7, 11) is -2.12. The number of aromatic nitrogens is 1. The highest BCUT2D eigenvalue weighted by atomic mass is 35.5. The van der Waals surface area contributed by atoms with Gasteiger partial charge in [-0.05, 0) is 50.2 Å². The molecule has 0 saturated carbocycles. The fourth-order valence-electron chi connectivity index (χ4n) is 4.00. The number of benzene rings is 2. The van der Waals surface area contributed by atoms with E-state index in [1.54, 1.807) is 19.2 Å². The van der Waals surface area contributed by atoms with Crippen LogP contribution in [-0.4, -0.2) is 62.2 Å². The summed E-state index contributed by atoms with van der Waals surface area (Å²) in [6.45, 7) is 5.09. The van der Waals surface area contributed by atoms with E-state index in [2.05, 4.69) is 4.99 Å². The minimum atomic E-state index is -3.70. The van der Waals surface area contributed by atoms with Gasteiger partial charge >= 0.3 is 0 Å². The first-order valence-electron chi connectivity index (χ1n) is 10.9. The summed E-state index contributed by atoms with van der Waals surface area (Å²) in [6, 6.07) is 9.23. The summed E-state index contributed by atoms with van der Waals surface area (Å²) in [6.07, 6.45) is -0.384. The molecule has 2 unspecified atom stereocenters. The molecule has 1 fully saturated rings. The lowest BCUT2D eigenvalue weighted by atomic mass is 10.2. The molecule has 3 aromatic rings. The number of methoxy groups -OCH3 is 1. The van der Waals surface area contributed by atoms with E-state index in [4.69, 9.17) is 32.7 Å². The number of carbonyl (C=O) groups is 1. The molecule has 188 valence electrons. The third-order valence-corrected chi connectivity index (χ3v) is 8.91. The molecule has 12 heteroatoms. The first kappa shape index (κ1) is 26.3. The van der Waals surface area contributed by atoms with Crippen molar-refractivity contribution in [3.63, 3.8) is 0 Å². The number of rotatable bonds is 6. The van der Waals surface area contributed by atoms with Gasteiger partial charge in [0.15, 0.2) is 4.80 Å². The smallest absolute Gasteiger partial charge is 0.279 e. The average Bonchev–Trinajstić information content (AvgIpc) is 3.13. The number of carbonyl (C=O) groups excluding carboxylic acids is 1. The van der Waals surface area contributed by atoms with Crippen molar-refractivity contribution in [1.82, 2.24) is 8.87 Å². The fourth-order valence-corrected chi connectivity index (χ4v) is 7.43. The lowest BCUT2D eigenvalue weighted by Gasteiger charge is -2.34. The van der Waals surface area contributed by atoms with Crippen molar-refractivity contribution in [3.8, 4) is 0 Å². The van der Waals surface area contributed by atoms with Gasteiger partial charge in [0.1, 0.15) is 0 Å². The van der Waals surface area contributed by atoms with Crippen LogP contribution < -0.4 is 4.80 Å². The fraction of sp³-hybridized carbons (Fsp3) is 0.391. The van der Waals surface area contributed by atoms with Gasteiger partial charge in [0, 0.05) is 37.3 Å². The van der Waals surface area contributed by atoms with E-state index in [1.807, 2.05) is 18.4 Å². The summed E-state index contributed by atoms with van der Waals surface area (Å²) in [5, 5.41) is 0.941. The Labute approximate surface area is 217 Å². The molecule has 1 saturated heterocycles. The second-order valence-electron chi connectivity index (χ2n) is 8.28. The van der Waals surface area contributed by atoms with Crippen molar-refractivity contribution < 1.29 is 22.7 Å². The molecular weight excluding hydrogens is 533 g/mol. The van der Waals surface area contributed by atoms with E-state index in [-0.39, 0.29) is 35.8 Å². The van der Waals surface area contributed by atoms with Crippen LogP contribution in [0.2, 0.25) is 10.0 Å². The van der Waals surface area contributed by atoms with Gasteiger partial charge in [-0.15, -0.1) is 0 Å². The summed E-state index contributed by atoms with van der Waals surface area (Å²) >= 11 is 13.9. The zero-order valence-electron chi connectivity index (χ0n) is 19.4. The zero-order chi connectivity index (χ0) is 25.3. The number of nitrogens with zero attached hydrogens (tertiary/aromatic N) is 3. The molecule has 1 aliphatic heterocycles. The van der Waals surface area contributed by atoms with Crippen LogP contribution in [-0.2, 0) is 26.0 Å². The van der Waals surface area contributed by atoms with Crippen molar-refractivity contribution in [2.45, 2.75) is 37.5 Å². The molecule has 4 rings (SSSR count). The maximum atomic E-state index is 13.1. The summed E-state index contributed by atoms with van der Waals surface area (Å²) in [4.78, 5) is 17.8. The standard InChI is InChI=1S/C23H25Cl2N3O5S2/c1-14-12-27(13-15(2)33-14)35(30,31)18-6-4-16(5-7-18)22(29)26-23-28(8-9-32-3)21-19(25)10-17(24)11-20(21)34-23/h4-7,10-11,14-15H,8-9,12-13H2,1-3H3. The number of halogens is 2. The number of thiazole rings is 1. The predicted octanol–water partition coefficient (Wildman–Crippen LogP) is 4.20. The maximum Gasteiger partial charge on any atom is 0.279 e. The third kappa shape index (κ3) is 5.64. The molecule has 1 aliphatic rings. The van der Waals surface area contributed by atoms with Gasteiger partial charge in [0.2, 0.25) is 10.0 Å². The molecule has 2 heterocycles. The molecule has 0 radical (unpaired) electrons. The van der Waals surface area contributed by atoms with Gasteiger partial charge in [-0.1, -0.05) is 34.5 Å². The number of morpholine rings is 1. The number of fused-ring (bicyclic) bond motifs is 1.